The highest BCUT2D eigenvalue weighted by atomic mass is 32.2. The largest absolute Gasteiger partial charge is 0.323 e. The monoisotopic (exact) mass is 334 g/mol. The average Bonchev–Trinajstić information content (AvgIpc) is 2.59. The van der Waals surface area contributed by atoms with Crippen molar-refractivity contribution < 1.29 is 4.79 Å². The quantitative estimate of drug-likeness (QED) is 0.734. The van der Waals surface area contributed by atoms with Crippen molar-refractivity contribution in [3.8, 4) is 0 Å². The van der Waals surface area contributed by atoms with Crippen LogP contribution in [0, 0.1) is 6.92 Å². The molecule has 1 heterocycles. The Hall–Kier alpha value is -2.59. The Balaban J connectivity index is 1.71. The van der Waals surface area contributed by atoms with Crippen LogP contribution in [0.3, 0.4) is 0 Å². The van der Waals surface area contributed by atoms with Crippen LogP contribution in [-0.4, -0.2) is 10.9 Å². The highest BCUT2D eigenvalue weighted by molar-refractivity contribution is 7.99. The number of pyridine rings is 1. The summed E-state index contributed by atoms with van der Waals surface area (Å²) in [6, 6.07) is 21.7. The summed E-state index contributed by atoms with van der Waals surface area (Å²) in [7, 11) is 0. The summed E-state index contributed by atoms with van der Waals surface area (Å²) in [6.45, 7) is 2.06. The summed E-state index contributed by atoms with van der Waals surface area (Å²) >= 11 is 1.55. The fraction of sp³-hybridized carbons (Fsp3) is 0.100. The van der Waals surface area contributed by atoms with E-state index in [1.807, 2.05) is 42.5 Å². The van der Waals surface area contributed by atoms with E-state index in [4.69, 9.17) is 0 Å². The highest BCUT2D eigenvalue weighted by Gasteiger charge is 2.10. The number of hydrogen-bond donors (Lipinski definition) is 1. The van der Waals surface area contributed by atoms with E-state index in [1.165, 1.54) is 5.56 Å². The number of nitrogens with zero attached hydrogens (tertiary/aromatic N) is 1. The van der Waals surface area contributed by atoms with Crippen molar-refractivity contribution in [2.24, 2.45) is 0 Å². The number of hydrogen-bond acceptors (Lipinski definition) is 3. The van der Waals surface area contributed by atoms with Crippen molar-refractivity contribution >= 4 is 23.4 Å². The molecule has 3 aromatic rings. The second-order valence-corrected chi connectivity index (χ2v) is 6.54. The first kappa shape index (κ1) is 16.3. The lowest BCUT2D eigenvalue weighted by Crippen LogP contribution is -2.15. The molecule has 0 spiro atoms. The zero-order chi connectivity index (χ0) is 16.8. The molecule has 24 heavy (non-hydrogen) atoms. The molecule has 0 aliphatic heterocycles. The van der Waals surface area contributed by atoms with Gasteiger partial charge in [0.05, 0.1) is 12.1 Å². The molecule has 0 aliphatic rings. The van der Waals surface area contributed by atoms with Crippen LogP contribution in [0.1, 0.15) is 11.1 Å². The van der Waals surface area contributed by atoms with Gasteiger partial charge in [-0.05, 0) is 36.8 Å². The van der Waals surface area contributed by atoms with E-state index in [9.17, 15) is 4.79 Å². The van der Waals surface area contributed by atoms with E-state index in [1.54, 1.807) is 18.0 Å². The van der Waals surface area contributed by atoms with Gasteiger partial charge in [0.2, 0.25) is 5.91 Å². The zero-order valence-corrected chi connectivity index (χ0v) is 14.2. The minimum absolute atomic E-state index is 0.0417. The van der Waals surface area contributed by atoms with Gasteiger partial charge < -0.3 is 5.32 Å². The maximum absolute atomic E-state index is 12.3. The number of benzene rings is 2. The van der Waals surface area contributed by atoms with Crippen LogP contribution in [-0.2, 0) is 11.2 Å². The molecule has 0 unspecified atom stereocenters. The molecule has 3 rings (SSSR count). The van der Waals surface area contributed by atoms with Gasteiger partial charge in [-0.1, -0.05) is 59.8 Å². The lowest BCUT2D eigenvalue weighted by atomic mass is 10.1. The first-order chi connectivity index (χ1) is 11.7. The normalized spacial score (nSPS) is 10.4. The van der Waals surface area contributed by atoms with Gasteiger partial charge in [-0.3, -0.25) is 4.79 Å². The fourth-order valence-electron chi connectivity index (χ4n) is 2.26. The van der Waals surface area contributed by atoms with Crippen LogP contribution in [0.2, 0.25) is 0 Å². The van der Waals surface area contributed by atoms with Gasteiger partial charge in [0, 0.05) is 11.1 Å². The summed E-state index contributed by atoms with van der Waals surface area (Å²) in [5.74, 6) is -0.0417. The molecule has 1 amide bonds. The molecule has 0 saturated heterocycles. The topological polar surface area (TPSA) is 42.0 Å². The Morgan fingerprint density at radius 2 is 1.75 bits per heavy atom. The van der Waals surface area contributed by atoms with E-state index in [0.29, 0.717) is 6.42 Å². The van der Waals surface area contributed by atoms with Crippen molar-refractivity contribution in [1.29, 1.82) is 0 Å². The summed E-state index contributed by atoms with van der Waals surface area (Å²) < 4.78 is 0. The summed E-state index contributed by atoms with van der Waals surface area (Å²) in [4.78, 5) is 17.8. The van der Waals surface area contributed by atoms with Crippen LogP contribution in [0.15, 0.2) is 82.8 Å². The van der Waals surface area contributed by atoms with Crippen LogP contribution in [0.25, 0.3) is 0 Å². The van der Waals surface area contributed by atoms with Crippen LogP contribution in [0.5, 0.6) is 0 Å². The first-order valence-corrected chi connectivity index (χ1v) is 8.56. The van der Waals surface area contributed by atoms with Crippen LogP contribution < -0.4 is 5.32 Å². The van der Waals surface area contributed by atoms with Crippen molar-refractivity contribution in [2.75, 3.05) is 5.32 Å². The van der Waals surface area contributed by atoms with Gasteiger partial charge in [0.1, 0.15) is 5.03 Å². The highest BCUT2D eigenvalue weighted by Crippen LogP contribution is 2.31. The van der Waals surface area contributed by atoms with Gasteiger partial charge in [-0.2, -0.15) is 0 Å². The molecule has 0 aliphatic carbocycles. The molecule has 1 N–H and O–H groups in total. The maximum atomic E-state index is 12.3. The van der Waals surface area contributed by atoms with Gasteiger partial charge >= 0.3 is 0 Å². The Labute approximate surface area is 146 Å². The number of aryl methyl sites for hydroxylation is 1. The number of anilines is 1. The van der Waals surface area contributed by atoms with E-state index in [-0.39, 0.29) is 5.91 Å². The minimum atomic E-state index is -0.0417. The fourth-order valence-corrected chi connectivity index (χ4v) is 3.10. The molecule has 0 saturated carbocycles. The van der Waals surface area contributed by atoms with Crippen LogP contribution in [0.4, 0.5) is 5.69 Å². The van der Waals surface area contributed by atoms with E-state index in [2.05, 4.69) is 41.5 Å². The van der Waals surface area contributed by atoms with Gasteiger partial charge in [-0.15, -0.1) is 0 Å². The van der Waals surface area contributed by atoms with Gasteiger partial charge in [0.25, 0.3) is 0 Å². The Morgan fingerprint density at radius 3 is 2.50 bits per heavy atom. The molecular weight excluding hydrogens is 316 g/mol. The number of carbonyl (C=O) groups excluding carboxylic acids is 1. The maximum Gasteiger partial charge on any atom is 0.228 e. The number of amides is 1. The van der Waals surface area contributed by atoms with Gasteiger partial charge in [-0.25, -0.2) is 4.98 Å². The molecule has 0 bridgehead atoms. The first-order valence-electron chi connectivity index (χ1n) is 7.74. The minimum Gasteiger partial charge on any atom is -0.323 e. The number of aromatic nitrogens is 1. The third kappa shape index (κ3) is 4.46. The predicted molar refractivity (Wildman–Crippen MR) is 98.3 cm³/mol. The van der Waals surface area contributed by atoms with Crippen molar-refractivity contribution in [2.45, 2.75) is 23.3 Å². The average molecular weight is 334 g/mol. The van der Waals surface area contributed by atoms with E-state index in [0.717, 1.165) is 21.2 Å². The number of rotatable bonds is 5. The Bertz CT molecular complexity index is 817. The Kier molecular flexibility index (Phi) is 5.29. The molecule has 0 atom stereocenters. The van der Waals surface area contributed by atoms with Gasteiger partial charge in [0.15, 0.2) is 0 Å². The molecule has 0 fully saturated rings. The molecule has 120 valence electrons. The summed E-state index contributed by atoms with van der Waals surface area (Å²) in [5.41, 5.74) is 2.95. The lowest BCUT2D eigenvalue weighted by molar-refractivity contribution is -0.115. The molecule has 1 aromatic heterocycles. The molecule has 3 nitrogen and oxygen atoms in total. The van der Waals surface area contributed by atoms with Crippen molar-refractivity contribution in [3.63, 3.8) is 0 Å². The Morgan fingerprint density at radius 1 is 1.00 bits per heavy atom. The summed E-state index contributed by atoms with van der Waals surface area (Å²) in [6.07, 6.45) is 2.09. The second-order valence-electron chi connectivity index (χ2n) is 5.48. The standard InChI is InChI=1S/C20H18N2OS/c1-15-9-11-17(12-10-15)24-20-18(8-5-13-21-20)22-19(23)14-16-6-3-2-4-7-16/h2-13H,14H2,1H3,(H,22,23). The second kappa shape index (κ2) is 7.79. The predicted octanol–water partition coefficient (Wildman–Crippen LogP) is 4.72. The molecule has 4 heteroatoms. The number of carbonyl (C=O) groups is 1. The third-order valence-electron chi connectivity index (χ3n) is 3.49. The number of nitrogens with one attached hydrogen (secondary N) is 1. The lowest BCUT2D eigenvalue weighted by Gasteiger charge is -2.10. The van der Waals surface area contributed by atoms with Crippen molar-refractivity contribution in [1.82, 2.24) is 4.98 Å². The third-order valence-corrected chi connectivity index (χ3v) is 4.51. The van der Waals surface area contributed by atoms with Crippen LogP contribution >= 0.6 is 11.8 Å². The smallest absolute Gasteiger partial charge is 0.228 e. The van der Waals surface area contributed by atoms with Crippen molar-refractivity contribution in [3.05, 3.63) is 84.1 Å². The molecular formula is C20H18N2OS. The van der Waals surface area contributed by atoms with E-state index >= 15 is 0 Å². The summed E-state index contributed by atoms with van der Waals surface area (Å²) in [5, 5.41) is 3.76. The molecule has 0 radical (unpaired) electrons. The molecule has 2 aromatic carbocycles. The van der Waals surface area contributed by atoms with E-state index < -0.39 is 0 Å². The zero-order valence-electron chi connectivity index (χ0n) is 13.4. The SMILES string of the molecule is Cc1ccc(Sc2ncccc2NC(=O)Cc2ccccc2)cc1.